The Morgan fingerprint density at radius 3 is 3.00 bits per heavy atom. The average Bonchev–Trinajstić information content (AvgIpc) is 3.41. The first-order valence-corrected chi connectivity index (χ1v) is 9.71. The fourth-order valence-electron chi connectivity index (χ4n) is 3.57. The largest absolute Gasteiger partial charge is 0.359 e. The molecule has 28 heavy (non-hydrogen) atoms. The van der Waals surface area contributed by atoms with Gasteiger partial charge in [-0.05, 0) is 50.5 Å². The van der Waals surface area contributed by atoms with Crippen molar-refractivity contribution in [2.24, 2.45) is 0 Å². The highest BCUT2D eigenvalue weighted by molar-refractivity contribution is 5.67. The smallest absolute Gasteiger partial charge is 0.161 e. The second-order valence-electron chi connectivity index (χ2n) is 7.33. The Morgan fingerprint density at radius 1 is 1.32 bits per heavy atom. The summed E-state index contributed by atoms with van der Waals surface area (Å²) in [6.45, 7) is 8.14. The molecule has 6 nitrogen and oxygen atoms in total. The molecule has 4 rings (SSSR count). The predicted octanol–water partition coefficient (Wildman–Crippen LogP) is 4.50. The molecule has 144 valence electrons. The van der Waals surface area contributed by atoms with E-state index in [1.807, 2.05) is 31.6 Å². The molecule has 2 aromatic heterocycles. The summed E-state index contributed by atoms with van der Waals surface area (Å²) in [7, 11) is 0. The lowest BCUT2D eigenvalue weighted by molar-refractivity contribution is 0.775. The highest BCUT2D eigenvalue weighted by Gasteiger charge is 2.25. The minimum Gasteiger partial charge on any atom is -0.359 e. The van der Waals surface area contributed by atoms with Gasteiger partial charge in [-0.3, -0.25) is 5.10 Å². The van der Waals surface area contributed by atoms with Gasteiger partial charge < -0.3 is 10.2 Å². The van der Waals surface area contributed by atoms with E-state index in [-0.39, 0.29) is 0 Å². The predicted molar refractivity (Wildman–Crippen MR) is 113 cm³/mol. The Labute approximate surface area is 165 Å². The Bertz CT molecular complexity index is 976. The van der Waals surface area contributed by atoms with Crippen LogP contribution in [-0.4, -0.2) is 33.3 Å². The molecule has 1 aliphatic heterocycles. The minimum absolute atomic E-state index is 0.496. The van der Waals surface area contributed by atoms with E-state index in [4.69, 9.17) is 4.98 Å². The van der Waals surface area contributed by atoms with Crippen molar-refractivity contribution in [3.05, 3.63) is 65.8 Å². The molecule has 1 saturated heterocycles. The first kappa shape index (κ1) is 18.2. The lowest BCUT2D eigenvalue weighted by Gasteiger charge is -2.18. The molecule has 1 aromatic carbocycles. The van der Waals surface area contributed by atoms with Crippen LogP contribution in [0.3, 0.4) is 0 Å². The number of aromatic nitrogens is 4. The van der Waals surface area contributed by atoms with Crippen molar-refractivity contribution in [2.45, 2.75) is 33.1 Å². The van der Waals surface area contributed by atoms with Gasteiger partial charge in [-0.1, -0.05) is 18.2 Å². The zero-order valence-electron chi connectivity index (χ0n) is 16.6. The maximum atomic E-state index is 4.86. The van der Waals surface area contributed by atoms with Gasteiger partial charge in [-0.25, -0.2) is 9.97 Å². The van der Waals surface area contributed by atoms with Crippen molar-refractivity contribution in [3.8, 4) is 11.4 Å². The Balaban J connectivity index is 1.57. The van der Waals surface area contributed by atoms with E-state index in [1.165, 1.54) is 11.1 Å². The number of aryl methyl sites for hydroxylation is 1. The molecule has 6 heteroatoms. The van der Waals surface area contributed by atoms with Crippen LogP contribution in [0, 0.1) is 6.92 Å². The zero-order valence-corrected chi connectivity index (χ0v) is 16.6. The number of H-pyrrole nitrogens is 1. The van der Waals surface area contributed by atoms with Gasteiger partial charge in [0, 0.05) is 48.3 Å². The molecule has 0 saturated carbocycles. The number of aromatic amines is 1. The lowest BCUT2D eigenvalue weighted by atomic mass is 10.0. The molecule has 0 spiro atoms. The van der Waals surface area contributed by atoms with Crippen LogP contribution in [0.2, 0.25) is 0 Å². The van der Waals surface area contributed by atoms with Crippen LogP contribution in [0.15, 0.2) is 54.6 Å². The van der Waals surface area contributed by atoms with Crippen LogP contribution in [0.5, 0.6) is 0 Å². The van der Waals surface area contributed by atoms with Crippen molar-refractivity contribution >= 4 is 11.5 Å². The number of benzene rings is 1. The molecule has 0 amide bonds. The maximum Gasteiger partial charge on any atom is 0.161 e. The minimum atomic E-state index is 0.496. The summed E-state index contributed by atoms with van der Waals surface area (Å²) in [5.74, 6) is 2.23. The second kappa shape index (κ2) is 7.84. The SMILES string of the molecule is C/C=C(/C)Nc1cc(-c2nccc(N3CCC(c4cn[nH]c4)C3)n2)ccc1C. The Hall–Kier alpha value is -3.15. The molecule has 2 N–H and O–H groups in total. The van der Waals surface area contributed by atoms with Crippen LogP contribution in [0.1, 0.15) is 37.3 Å². The van der Waals surface area contributed by atoms with Crippen molar-refractivity contribution < 1.29 is 0 Å². The maximum absolute atomic E-state index is 4.86. The van der Waals surface area contributed by atoms with Crippen molar-refractivity contribution in [1.29, 1.82) is 0 Å². The third-order valence-corrected chi connectivity index (χ3v) is 5.40. The number of anilines is 2. The molecular weight excluding hydrogens is 348 g/mol. The van der Waals surface area contributed by atoms with E-state index in [2.05, 4.69) is 63.5 Å². The molecule has 1 aliphatic rings. The van der Waals surface area contributed by atoms with E-state index in [0.717, 1.165) is 48.1 Å². The van der Waals surface area contributed by atoms with Crippen LogP contribution in [0.4, 0.5) is 11.5 Å². The summed E-state index contributed by atoms with van der Waals surface area (Å²) < 4.78 is 0. The number of hydrogen-bond acceptors (Lipinski definition) is 5. The standard InChI is InChI=1S/C22H26N6/c1-4-16(3)26-20-11-17(6-5-15(20)2)22-23-9-7-21(27-22)28-10-8-18(14-28)19-12-24-25-13-19/h4-7,9,11-13,18,26H,8,10,14H2,1-3H3,(H,24,25)/b16-4-. The Morgan fingerprint density at radius 2 is 2.21 bits per heavy atom. The second-order valence-corrected chi connectivity index (χ2v) is 7.33. The molecule has 3 heterocycles. The first-order chi connectivity index (χ1) is 13.6. The van der Waals surface area contributed by atoms with Crippen molar-refractivity contribution in [3.63, 3.8) is 0 Å². The molecule has 3 aromatic rings. The highest BCUT2D eigenvalue weighted by Crippen LogP contribution is 2.30. The number of allylic oxidation sites excluding steroid dienone is 2. The highest BCUT2D eigenvalue weighted by atomic mass is 15.2. The summed E-state index contributed by atoms with van der Waals surface area (Å²) in [5.41, 5.74) is 5.69. The summed E-state index contributed by atoms with van der Waals surface area (Å²) in [6, 6.07) is 8.32. The van der Waals surface area contributed by atoms with Crippen LogP contribution < -0.4 is 10.2 Å². The third-order valence-electron chi connectivity index (χ3n) is 5.40. The van der Waals surface area contributed by atoms with Crippen LogP contribution in [-0.2, 0) is 0 Å². The number of nitrogens with zero attached hydrogens (tertiary/aromatic N) is 4. The molecular formula is C22H26N6. The van der Waals surface area contributed by atoms with Gasteiger partial charge in [0.25, 0.3) is 0 Å². The quantitative estimate of drug-likeness (QED) is 0.688. The summed E-state index contributed by atoms with van der Waals surface area (Å²) >= 11 is 0. The molecule has 0 aliphatic carbocycles. The van der Waals surface area contributed by atoms with Crippen molar-refractivity contribution in [1.82, 2.24) is 20.2 Å². The lowest BCUT2D eigenvalue weighted by Crippen LogP contribution is -2.20. The summed E-state index contributed by atoms with van der Waals surface area (Å²) in [5, 5.41) is 10.4. The van der Waals surface area contributed by atoms with Gasteiger partial charge in [-0.2, -0.15) is 5.10 Å². The van der Waals surface area contributed by atoms with Gasteiger partial charge in [0.2, 0.25) is 0 Å². The van der Waals surface area contributed by atoms with E-state index in [9.17, 15) is 0 Å². The van der Waals surface area contributed by atoms with E-state index >= 15 is 0 Å². The van der Waals surface area contributed by atoms with Gasteiger partial charge in [0.15, 0.2) is 5.82 Å². The fraction of sp³-hybridized carbons (Fsp3) is 0.318. The topological polar surface area (TPSA) is 69.7 Å². The molecule has 1 atom stereocenters. The van der Waals surface area contributed by atoms with Crippen LogP contribution in [0.25, 0.3) is 11.4 Å². The average molecular weight is 374 g/mol. The first-order valence-electron chi connectivity index (χ1n) is 9.71. The zero-order chi connectivity index (χ0) is 19.5. The van der Waals surface area contributed by atoms with E-state index in [1.54, 1.807) is 0 Å². The summed E-state index contributed by atoms with van der Waals surface area (Å²) in [6.07, 6.45) is 8.94. The Kier molecular flexibility index (Phi) is 5.10. The molecule has 1 fully saturated rings. The fourth-order valence-corrected chi connectivity index (χ4v) is 3.57. The van der Waals surface area contributed by atoms with Gasteiger partial charge in [0.1, 0.15) is 5.82 Å². The van der Waals surface area contributed by atoms with Gasteiger partial charge in [0.05, 0.1) is 6.20 Å². The van der Waals surface area contributed by atoms with Crippen LogP contribution >= 0.6 is 0 Å². The number of hydrogen-bond donors (Lipinski definition) is 2. The van der Waals surface area contributed by atoms with Gasteiger partial charge in [-0.15, -0.1) is 0 Å². The monoisotopic (exact) mass is 374 g/mol. The number of nitrogens with one attached hydrogen (secondary N) is 2. The molecule has 1 unspecified atom stereocenters. The van der Waals surface area contributed by atoms with Crippen molar-refractivity contribution in [2.75, 3.05) is 23.3 Å². The van der Waals surface area contributed by atoms with Gasteiger partial charge >= 0.3 is 0 Å². The van der Waals surface area contributed by atoms with E-state index in [0.29, 0.717) is 5.92 Å². The van der Waals surface area contributed by atoms with E-state index < -0.39 is 0 Å². The molecule has 0 bridgehead atoms. The third kappa shape index (κ3) is 3.76. The number of rotatable bonds is 5. The normalized spacial score (nSPS) is 17.2. The molecule has 0 radical (unpaired) electrons. The summed E-state index contributed by atoms with van der Waals surface area (Å²) in [4.78, 5) is 11.7.